The van der Waals surface area contributed by atoms with Gasteiger partial charge in [-0.25, -0.2) is 13.1 Å². The predicted octanol–water partition coefficient (Wildman–Crippen LogP) is 3.01. The van der Waals surface area contributed by atoms with Gasteiger partial charge < -0.3 is 9.73 Å². The Kier molecular flexibility index (Phi) is 5.51. The van der Waals surface area contributed by atoms with Crippen molar-refractivity contribution < 1.29 is 12.8 Å². The molecule has 0 saturated heterocycles. The van der Waals surface area contributed by atoms with E-state index in [2.05, 4.69) is 32.9 Å². The van der Waals surface area contributed by atoms with E-state index in [0.29, 0.717) is 18.8 Å². The van der Waals surface area contributed by atoms with E-state index >= 15 is 0 Å². The summed E-state index contributed by atoms with van der Waals surface area (Å²) in [6, 6.07) is 1.56. The Labute approximate surface area is 135 Å². The maximum Gasteiger partial charge on any atom is 0.244 e. The summed E-state index contributed by atoms with van der Waals surface area (Å²) in [5.41, 5.74) is 0.0648. The number of nitrogens with one attached hydrogen (secondary N) is 2. The minimum absolute atomic E-state index is 0.0648. The molecule has 0 atom stereocenters. The third-order valence-electron chi connectivity index (χ3n) is 4.10. The third kappa shape index (κ3) is 4.31. The smallest absolute Gasteiger partial charge is 0.244 e. The first-order valence-corrected chi connectivity index (χ1v) is 9.56. The quantitative estimate of drug-likeness (QED) is 0.797. The van der Waals surface area contributed by atoms with E-state index < -0.39 is 10.0 Å². The zero-order chi connectivity index (χ0) is 15.5. The number of furan rings is 1. The summed E-state index contributed by atoms with van der Waals surface area (Å²) in [7, 11) is -1.76. The molecule has 0 aromatic carbocycles. The summed E-state index contributed by atoms with van der Waals surface area (Å²) in [5.74, 6) is 0.591. The fraction of sp³-hybridized carbons (Fsp3) is 0.714. The van der Waals surface area contributed by atoms with Crippen molar-refractivity contribution in [3.05, 3.63) is 16.5 Å². The van der Waals surface area contributed by atoms with Gasteiger partial charge in [0.2, 0.25) is 10.0 Å². The van der Waals surface area contributed by atoms with E-state index in [4.69, 9.17) is 4.42 Å². The highest BCUT2D eigenvalue weighted by Gasteiger charge is 2.30. The van der Waals surface area contributed by atoms with Crippen molar-refractivity contribution in [3.63, 3.8) is 0 Å². The highest BCUT2D eigenvalue weighted by Crippen LogP contribution is 2.35. The van der Waals surface area contributed by atoms with Gasteiger partial charge in [-0.2, -0.15) is 0 Å². The van der Waals surface area contributed by atoms with Crippen LogP contribution in [-0.4, -0.2) is 22.0 Å². The Morgan fingerprint density at radius 3 is 2.62 bits per heavy atom. The van der Waals surface area contributed by atoms with Crippen LogP contribution < -0.4 is 10.0 Å². The van der Waals surface area contributed by atoms with Crippen molar-refractivity contribution >= 4 is 26.0 Å². The first-order chi connectivity index (χ1) is 9.86. The van der Waals surface area contributed by atoms with Gasteiger partial charge in [0.05, 0.1) is 6.54 Å². The van der Waals surface area contributed by atoms with Crippen LogP contribution in [0.25, 0.3) is 0 Å². The molecule has 1 heterocycles. The van der Waals surface area contributed by atoms with Crippen molar-refractivity contribution in [1.29, 1.82) is 0 Å². The molecule has 7 heteroatoms. The highest BCUT2D eigenvalue weighted by atomic mass is 79.9. The normalized spacial score (nSPS) is 18.8. The Morgan fingerprint density at radius 2 is 2.00 bits per heavy atom. The van der Waals surface area contributed by atoms with Crippen molar-refractivity contribution in [2.75, 3.05) is 13.6 Å². The van der Waals surface area contributed by atoms with Gasteiger partial charge >= 0.3 is 0 Å². The molecule has 1 saturated carbocycles. The molecular formula is C14H23BrN2O3S. The van der Waals surface area contributed by atoms with E-state index in [1.165, 1.54) is 19.3 Å². The van der Waals surface area contributed by atoms with Crippen LogP contribution >= 0.6 is 15.9 Å². The molecule has 21 heavy (non-hydrogen) atoms. The molecule has 0 radical (unpaired) electrons. The number of halogens is 1. The Hall–Kier alpha value is -0.370. The van der Waals surface area contributed by atoms with Gasteiger partial charge in [-0.1, -0.05) is 26.2 Å². The summed E-state index contributed by atoms with van der Waals surface area (Å²) >= 11 is 3.19. The molecule has 5 nitrogen and oxygen atoms in total. The van der Waals surface area contributed by atoms with Gasteiger partial charge in [-0.3, -0.25) is 0 Å². The molecule has 2 rings (SSSR count). The molecule has 1 aromatic heterocycles. The van der Waals surface area contributed by atoms with Crippen molar-refractivity contribution in [2.45, 2.75) is 50.5 Å². The Bertz CT molecular complexity index is 577. The topological polar surface area (TPSA) is 71.3 Å². The Balaban J connectivity index is 2.07. The minimum Gasteiger partial charge on any atom is -0.452 e. The lowest BCUT2D eigenvalue weighted by molar-refractivity contribution is 0.219. The summed E-state index contributed by atoms with van der Waals surface area (Å²) < 4.78 is 33.3. The fourth-order valence-electron chi connectivity index (χ4n) is 2.77. The van der Waals surface area contributed by atoms with Crippen molar-refractivity contribution in [2.24, 2.45) is 5.41 Å². The van der Waals surface area contributed by atoms with E-state index in [1.54, 1.807) is 13.1 Å². The molecule has 1 aliphatic carbocycles. The number of hydrogen-bond acceptors (Lipinski definition) is 4. The van der Waals surface area contributed by atoms with E-state index in [1.807, 2.05) is 0 Å². The SMILES string of the molecule is CNCc1cc(S(=O)(=O)NCC2(C)CCCCC2)c(Br)o1. The lowest BCUT2D eigenvalue weighted by atomic mass is 9.76. The second-order valence-electron chi connectivity index (χ2n) is 6.08. The summed E-state index contributed by atoms with van der Waals surface area (Å²) in [5, 5.41) is 2.94. The van der Waals surface area contributed by atoms with E-state index in [9.17, 15) is 8.42 Å². The van der Waals surface area contributed by atoms with Crippen LogP contribution in [0.5, 0.6) is 0 Å². The molecule has 120 valence electrons. The molecule has 1 aromatic rings. The number of sulfonamides is 1. The molecule has 2 N–H and O–H groups in total. The van der Waals surface area contributed by atoms with Crippen LogP contribution in [0.4, 0.5) is 0 Å². The van der Waals surface area contributed by atoms with Gasteiger partial charge in [-0.05, 0) is 41.2 Å². The summed E-state index contributed by atoms with van der Waals surface area (Å²) in [6.45, 7) is 3.13. The molecule has 0 unspecified atom stereocenters. The third-order valence-corrected chi connectivity index (χ3v) is 6.35. The lowest BCUT2D eigenvalue weighted by Crippen LogP contribution is -2.37. The standard InChI is InChI=1S/C14H23BrN2O3S/c1-14(6-4-3-5-7-14)10-17-21(18,19)12-8-11(9-16-2)20-13(12)15/h8,16-17H,3-7,9-10H2,1-2H3. The second-order valence-corrected chi connectivity index (χ2v) is 8.53. The summed E-state index contributed by atoms with van der Waals surface area (Å²) in [6.07, 6.45) is 5.77. The molecule has 0 aliphatic heterocycles. The average Bonchev–Trinajstić information content (AvgIpc) is 2.80. The maximum absolute atomic E-state index is 12.4. The first kappa shape index (κ1) is 17.0. The average molecular weight is 379 g/mol. The van der Waals surface area contributed by atoms with Crippen LogP contribution in [0.2, 0.25) is 0 Å². The first-order valence-electron chi connectivity index (χ1n) is 7.29. The molecule has 0 spiro atoms. The lowest BCUT2D eigenvalue weighted by Gasteiger charge is -2.33. The van der Waals surface area contributed by atoms with Gasteiger partial charge in [0, 0.05) is 12.6 Å². The Morgan fingerprint density at radius 1 is 1.33 bits per heavy atom. The van der Waals surface area contributed by atoms with Crippen LogP contribution in [-0.2, 0) is 16.6 Å². The van der Waals surface area contributed by atoms with Gasteiger partial charge in [0.15, 0.2) is 4.67 Å². The van der Waals surface area contributed by atoms with Crippen LogP contribution in [0, 0.1) is 5.41 Å². The van der Waals surface area contributed by atoms with Crippen LogP contribution in [0.15, 0.2) is 20.0 Å². The number of hydrogen-bond donors (Lipinski definition) is 2. The number of rotatable bonds is 6. The zero-order valence-corrected chi connectivity index (χ0v) is 14.9. The van der Waals surface area contributed by atoms with Crippen molar-refractivity contribution in [3.8, 4) is 0 Å². The monoisotopic (exact) mass is 378 g/mol. The molecule has 0 amide bonds. The molecule has 0 bridgehead atoms. The van der Waals surface area contributed by atoms with Gasteiger partial charge in [0.1, 0.15) is 10.7 Å². The van der Waals surface area contributed by atoms with E-state index in [0.717, 1.165) is 12.8 Å². The van der Waals surface area contributed by atoms with Crippen molar-refractivity contribution in [1.82, 2.24) is 10.0 Å². The predicted molar refractivity (Wildman–Crippen MR) is 85.6 cm³/mol. The second kappa shape index (κ2) is 6.81. The largest absolute Gasteiger partial charge is 0.452 e. The van der Waals surface area contributed by atoms with Gasteiger partial charge in [0.25, 0.3) is 0 Å². The van der Waals surface area contributed by atoms with Crippen LogP contribution in [0.1, 0.15) is 44.8 Å². The minimum atomic E-state index is -3.54. The molecule has 1 aliphatic rings. The van der Waals surface area contributed by atoms with E-state index in [-0.39, 0.29) is 15.0 Å². The summed E-state index contributed by atoms with van der Waals surface area (Å²) in [4.78, 5) is 0.173. The molecular weight excluding hydrogens is 356 g/mol. The maximum atomic E-state index is 12.4. The van der Waals surface area contributed by atoms with Gasteiger partial charge in [-0.15, -0.1) is 0 Å². The highest BCUT2D eigenvalue weighted by molar-refractivity contribution is 9.10. The zero-order valence-electron chi connectivity index (χ0n) is 12.5. The molecule has 1 fully saturated rings. The van der Waals surface area contributed by atoms with Crippen LogP contribution in [0.3, 0.4) is 0 Å². The fourth-order valence-corrected chi connectivity index (χ4v) is 4.97.